The SMILES string of the molecule is CCN(C(=O)C(CCCN=C(N)N)NCCNC(=O)c1ccc(-c2ccccc2)cc1)C(c1ccccc1)c1ccccc1. The van der Waals surface area contributed by atoms with Crippen LogP contribution in [0.2, 0.25) is 0 Å². The second kappa shape index (κ2) is 16.6. The van der Waals surface area contributed by atoms with E-state index in [4.69, 9.17) is 11.5 Å². The second-order valence-corrected chi connectivity index (χ2v) is 10.5. The van der Waals surface area contributed by atoms with Crippen LogP contribution in [0.15, 0.2) is 120 Å². The molecule has 8 nitrogen and oxygen atoms in total. The van der Waals surface area contributed by atoms with Crippen LogP contribution in [0.1, 0.15) is 47.3 Å². The van der Waals surface area contributed by atoms with Gasteiger partial charge in [0.15, 0.2) is 5.96 Å². The number of likely N-dealkylation sites (N-methyl/N-ethyl adjacent to an activating group) is 1. The minimum Gasteiger partial charge on any atom is -0.370 e. The molecule has 1 unspecified atom stereocenters. The minimum absolute atomic E-state index is 0.0160. The normalized spacial score (nSPS) is 11.5. The van der Waals surface area contributed by atoms with Crippen molar-refractivity contribution in [2.45, 2.75) is 31.8 Å². The molecule has 8 heteroatoms. The molecule has 0 aliphatic carbocycles. The summed E-state index contributed by atoms with van der Waals surface area (Å²) in [7, 11) is 0. The third kappa shape index (κ3) is 9.02. The van der Waals surface area contributed by atoms with E-state index >= 15 is 0 Å². The molecule has 4 aromatic rings. The number of hydrogen-bond acceptors (Lipinski definition) is 4. The van der Waals surface area contributed by atoms with Gasteiger partial charge in [0, 0.05) is 31.7 Å². The molecule has 0 saturated carbocycles. The van der Waals surface area contributed by atoms with Crippen LogP contribution < -0.4 is 22.1 Å². The largest absolute Gasteiger partial charge is 0.370 e. The van der Waals surface area contributed by atoms with Crippen LogP contribution in [-0.2, 0) is 4.79 Å². The standard InChI is InChI=1S/C36H42N6O2/c1-2-42(33(29-15-8-4-9-16-29)30-17-10-5-11-18-30)35(44)32(19-12-24-41-36(37)38)39-25-26-40-34(43)31-22-20-28(21-23-31)27-13-6-3-7-14-27/h3-11,13-18,20-23,32-33,39H,2,12,19,24-26H2,1H3,(H,40,43)(H4,37,38,41). The predicted octanol–water partition coefficient (Wildman–Crippen LogP) is 4.73. The van der Waals surface area contributed by atoms with E-state index in [1.165, 1.54) is 0 Å². The maximum Gasteiger partial charge on any atom is 0.251 e. The lowest BCUT2D eigenvalue weighted by Crippen LogP contribution is -2.49. The van der Waals surface area contributed by atoms with Crippen LogP contribution >= 0.6 is 0 Å². The molecule has 0 spiro atoms. The van der Waals surface area contributed by atoms with Gasteiger partial charge >= 0.3 is 0 Å². The van der Waals surface area contributed by atoms with Crippen LogP contribution in [0.5, 0.6) is 0 Å². The van der Waals surface area contributed by atoms with Gasteiger partial charge in [-0.3, -0.25) is 14.6 Å². The third-order valence-electron chi connectivity index (χ3n) is 7.46. The Morgan fingerprint density at radius 1 is 0.750 bits per heavy atom. The van der Waals surface area contributed by atoms with Gasteiger partial charge in [-0.25, -0.2) is 0 Å². The van der Waals surface area contributed by atoms with Crippen LogP contribution in [0.25, 0.3) is 11.1 Å². The smallest absolute Gasteiger partial charge is 0.251 e. The molecule has 4 rings (SSSR count). The predicted molar refractivity (Wildman–Crippen MR) is 178 cm³/mol. The molecule has 228 valence electrons. The highest BCUT2D eigenvalue weighted by Gasteiger charge is 2.30. The number of carbonyl (C=O) groups excluding carboxylic acids is 2. The van der Waals surface area contributed by atoms with Gasteiger partial charge < -0.3 is 27.0 Å². The van der Waals surface area contributed by atoms with Crippen molar-refractivity contribution in [1.29, 1.82) is 0 Å². The second-order valence-electron chi connectivity index (χ2n) is 10.5. The zero-order valence-electron chi connectivity index (χ0n) is 25.2. The Hall–Kier alpha value is -4.95. The maximum absolute atomic E-state index is 14.2. The monoisotopic (exact) mass is 590 g/mol. The summed E-state index contributed by atoms with van der Waals surface area (Å²) in [5, 5.41) is 6.37. The van der Waals surface area contributed by atoms with Crippen LogP contribution in [0.3, 0.4) is 0 Å². The summed E-state index contributed by atoms with van der Waals surface area (Å²) in [6, 6.07) is 37.0. The first-order chi connectivity index (χ1) is 21.5. The number of guanidine groups is 1. The first-order valence-corrected chi connectivity index (χ1v) is 15.1. The number of benzene rings is 4. The number of amides is 2. The molecule has 0 aromatic heterocycles. The van der Waals surface area contributed by atoms with E-state index in [0.717, 1.165) is 22.3 Å². The van der Waals surface area contributed by atoms with Gasteiger partial charge in [-0.05, 0) is 54.2 Å². The Morgan fingerprint density at radius 2 is 1.30 bits per heavy atom. The molecule has 0 aliphatic heterocycles. The summed E-state index contributed by atoms with van der Waals surface area (Å²) in [5.41, 5.74) is 15.8. The van der Waals surface area contributed by atoms with Crippen molar-refractivity contribution in [1.82, 2.24) is 15.5 Å². The van der Waals surface area contributed by atoms with E-state index in [9.17, 15) is 9.59 Å². The van der Waals surface area contributed by atoms with Gasteiger partial charge in [0.2, 0.25) is 5.91 Å². The average Bonchev–Trinajstić information content (AvgIpc) is 3.07. The molecular formula is C36H42N6O2. The van der Waals surface area contributed by atoms with Gasteiger partial charge in [0.1, 0.15) is 0 Å². The number of nitrogens with one attached hydrogen (secondary N) is 2. The molecule has 0 heterocycles. The first kappa shape index (κ1) is 32.0. The van der Waals surface area contributed by atoms with E-state index in [1.807, 2.05) is 103 Å². The number of rotatable bonds is 15. The van der Waals surface area contributed by atoms with Crippen molar-refractivity contribution < 1.29 is 9.59 Å². The molecule has 2 amide bonds. The van der Waals surface area contributed by atoms with Gasteiger partial charge in [0.25, 0.3) is 5.91 Å². The quantitative estimate of drug-likeness (QED) is 0.0905. The van der Waals surface area contributed by atoms with E-state index < -0.39 is 6.04 Å². The molecule has 4 aromatic carbocycles. The maximum atomic E-state index is 14.2. The van der Waals surface area contributed by atoms with E-state index in [1.54, 1.807) is 0 Å². The summed E-state index contributed by atoms with van der Waals surface area (Å²) in [6.07, 6.45) is 1.16. The van der Waals surface area contributed by atoms with Crippen molar-refractivity contribution in [2.24, 2.45) is 16.5 Å². The van der Waals surface area contributed by atoms with Crippen molar-refractivity contribution in [3.05, 3.63) is 132 Å². The highest BCUT2D eigenvalue weighted by Crippen LogP contribution is 2.29. The fraction of sp³-hybridized carbons (Fsp3) is 0.250. The number of aliphatic imine (C=N–C) groups is 1. The summed E-state index contributed by atoms with van der Waals surface area (Å²) < 4.78 is 0. The Labute approximate surface area is 260 Å². The molecule has 0 radical (unpaired) electrons. The fourth-order valence-electron chi connectivity index (χ4n) is 5.27. The first-order valence-electron chi connectivity index (χ1n) is 15.1. The lowest BCUT2D eigenvalue weighted by molar-refractivity contribution is -0.135. The van der Waals surface area contributed by atoms with Crippen LogP contribution in [-0.4, -0.2) is 54.9 Å². The molecule has 6 N–H and O–H groups in total. The molecule has 0 bridgehead atoms. The van der Waals surface area contributed by atoms with Crippen LogP contribution in [0, 0.1) is 0 Å². The van der Waals surface area contributed by atoms with Gasteiger partial charge in [-0.15, -0.1) is 0 Å². The Balaban J connectivity index is 1.43. The Morgan fingerprint density at radius 3 is 1.84 bits per heavy atom. The van der Waals surface area contributed by atoms with Crippen molar-refractivity contribution in [3.63, 3.8) is 0 Å². The third-order valence-corrected chi connectivity index (χ3v) is 7.46. The van der Waals surface area contributed by atoms with E-state index in [2.05, 4.69) is 39.9 Å². The summed E-state index contributed by atoms with van der Waals surface area (Å²) >= 11 is 0. The number of nitrogens with two attached hydrogens (primary N) is 2. The molecule has 0 saturated heterocycles. The highest BCUT2D eigenvalue weighted by molar-refractivity contribution is 5.94. The molecule has 44 heavy (non-hydrogen) atoms. The minimum atomic E-state index is -0.485. The molecular weight excluding hydrogens is 548 g/mol. The van der Waals surface area contributed by atoms with Crippen molar-refractivity contribution >= 4 is 17.8 Å². The van der Waals surface area contributed by atoms with E-state index in [0.29, 0.717) is 44.6 Å². The van der Waals surface area contributed by atoms with Gasteiger partial charge in [0.05, 0.1) is 12.1 Å². The van der Waals surface area contributed by atoms with E-state index in [-0.39, 0.29) is 23.8 Å². The summed E-state index contributed by atoms with van der Waals surface area (Å²) in [6.45, 7) is 3.73. The number of nitrogens with zero attached hydrogens (tertiary/aromatic N) is 2. The highest BCUT2D eigenvalue weighted by atomic mass is 16.2. The number of hydrogen-bond donors (Lipinski definition) is 4. The summed E-state index contributed by atoms with van der Waals surface area (Å²) in [5.74, 6) is -0.146. The van der Waals surface area contributed by atoms with Gasteiger partial charge in [-0.1, -0.05) is 103 Å². The topological polar surface area (TPSA) is 126 Å². The summed E-state index contributed by atoms with van der Waals surface area (Å²) in [4.78, 5) is 33.0. The lowest BCUT2D eigenvalue weighted by atomic mass is 9.96. The molecule has 0 fully saturated rings. The number of carbonyl (C=O) groups is 2. The van der Waals surface area contributed by atoms with Crippen molar-refractivity contribution in [3.8, 4) is 11.1 Å². The Bertz CT molecular complexity index is 1430. The average molecular weight is 591 g/mol. The fourth-order valence-corrected chi connectivity index (χ4v) is 5.27. The lowest BCUT2D eigenvalue weighted by Gasteiger charge is -2.35. The zero-order chi connectivity index (χ0) is 31.1. The molecule has 1 atom stereocenters. The molecule has 0 aliphatic rings. The van der Waals surface area contributed by atoms with Crippen LogP contribution in [0.4, 0.5) is 0 Å². The Kier molecular flexibility index (Phi) is 12.1. The van der Waals surface area contributed by atoms with Crippen molar-refractivity contribution in [2.75, 3.05) is 26.2 Å². The van der Waals surface area contributed by atoms with Gasteiger partial charge in [-0.2, -0.15) is 0 Å². The zero-order valence-corrected chi connectivity index (χ0v) is 25.2.